The number of piperazine rings is 1. The van der Waals surface area contributed by atoms with Crippen molar-refractivity contribution >= 4 is 29.0 Å². The monoisotopic (exact) mass is 340 g/mol. The maximum Gasteiger partial charge on any atom is 0.321 e. The van der Waals surface area contributed by atoms with Gasteiger partial charge in [-0.1, -0.05) is 29.8 Å². The Hall–Kier alpha value is -2.71. The summed E-state index contributed by atoms with van der Waals surface area (Å²) < 4.78 is 0. The molecule has 1 aliphatic rings. The molecule has 24 heavy (non-hydrogen) atoms. The van der Waals surface area contributed by atoms with Crippen LogP contribution in [0.15, 0.2) is 48.5 Å². The molecule has 0 aromatic heterocycles. The van der Waals surface area contributed by atoms with Crippen molar-refractivity contribution in [3.05, 3.63) is 59.1 Å². The second-order valence-corrected chi connectivity index (χ2v) is 5.98. The number of carbonyl (C=O) groups excluding carboxylic acids is 1. The number of hydrogen-bond acceptors (Lipinski definition) is 3. The molecule has 0 aliphatic carbocycles. The summed E-state index contributed by atoms with van der Waals surface area (Å²) >= 11 is 5.93. The van der Waals surface area contributed by atoms with E-state index < -0.39 is 0 Å². The SMILES string of the molecule is N#Cc1ccccc1N1CCN(C(=O)Nc2cccc(Cl)c2)CC1. The predicted molar refractivity (Wildman–Crippen MR) is 95.4 cm³/mol. The quantitative estimate of drug-likeness (QED) is 0.909. The zero-order chi connectivity index (χ0) is 16.9. The summed E-state index contributed by atoms with van der Waals surface area (Å²) in [4.78, 5) is 16.3. The van der Waals surface area contributed by atoms with Crippen LogP contribution >= 0.6 is 11.6 Å². The molecule has 122 valence electrons. The fourth-order valence-corrected chi connectivity index (χ4v) is 2.95. The average molecular weight is 341 g/mol. The maximum absolute atomic E-state index is 12.3. The van der Waals surface area contributed by atoms with Crippen LogP contribution in [0.25, 0.3) is 0 Å². The molecule has 1 aliphatic heterocycles. The number of nitrogens with zero attached hydrogens (tertiary/aromatic N) is 3. The van der Waals surface area contributed by atoms with Crippen molar-refractivity contribution < 1.29 is 4.79 Å². The first kappa shape index (κ1) is 16.2. The number of hydrogen-bond donors (Lipinski definition) is 1. The highest BCUT2D eigenvalue weighted by molar-refractivity contribution is 6.30. The molecular formula is C18H17ClN4O. The summed E-state index contributed by atoms with van der Waals surface area (Å²) in [6.07, 6.45) is 0. The Kier molecular flexibility index (Phi) is 4.88. The standard InChI is InChI=1S/C18H17ClN4O/c19-15-5-3-6-16(12-15)21-18(24)23-10-8-22(9-11-23)17-7-2-1-4-14(17)13-20/h1-7,12H,8-11H2,(H,21,24). The highest BCUT2D eigenvalue weighted by atomic mass is 35.5. The van der Waals surface area contributed by atoms with Crippen LogP contribution in [0.2, 0.25) is 5.02 Å². The first-order valence-corrected chi connectivity index (χ1v) is 8.11. The van der Waals surface area contributed by atoms with Crippen LogP contribution in [0.3, 0.4) is 0 Å². The molecule has 2 aromatic carbocycles. The van der Waals surface area contributed by atoms with Gasteiger partial charge in [0, 0.05) is 36.9 Å². The van der Waals surface area contributed by atoms with Gasteiger partial charge in [0.05, 0.1) is 11.3 Å². The van der Waals surface area contributed by atoms with Crippen molar-refractivity contribution in [3.8, 4) is 6.07 Å². The minimum Gasteiger partial charge on any atom is -0.367 e. The van der Waals surface area contributed by atoms with Crippen molar-refractivity contribution in [2.24, 2.45) is 0 Å². The van der Waals surface area contributed by atoms with Gasteiger partial charge in [-0.15, -0.1) is 0 Å². The number of nitrogens with one attached hydrogen (secondary N) is 1. The van der Waals surface area contributed by atoms with E-state index in [0.717, 1.165) is 5.69 Å². The molecule has 0 bridgehead atoms. The molecule has 2 amide bonds. The first-order valence-electron chi connectivity index (χ1n) is 7.73. The van der Waals surface area contributed by atoms with E-state index in [4.69, 9.17) is 11.6 Å². The van der Waals surface area contributed by atoms with Gasteiger partial charge in [0.2, 0.25) is 0 Å². The van der Waals surface area contributed by atoms with Crippen LogP contribution in [0.1, 0.15) is 5.56 Å². The number of halogens is 1. The van der Waals surface area contributed by atoms with Crippen LogP contribution in [0.4, 0.5) is 16.2 Å². The molecule has 1 N–H and O–H groups in total. The van der Waals surface area contributed by atoms with Gasteiger partial charge in [-0.05, 0) is 30.3 Å². The van der Waals surface area contributed by atoms with Gasteiger partial charge < -0.3 is 15.1 Å². The topological polar surface area (TPSA) is 59.4 Å². The smallest absolute Gasteiger partial charge is 0.321 e. The van der Waals surface area contributed by atoms with E-state index in [1.807, 2.05) is 30.3 Å². The molecule has 0 saturated carbocycles. The average Bonchev–Trinajstić information content (AvgIpc) is 2.62. The van der Waals surface area contributed by atoms with Gasteiger partial charge in [0.15, 0.2) is 0 Å². The molecule has 1 fully saturated rings. The summed E-state index contributed by atoms with van der Waals surface area (Å²) in [7, 11) is 0. The van der Waals surface area contributed by atoms with Crippen molar-refractivity contribution in [3.63, 3.8) is 0 Å². The molecular weight excluding hydrogens is 324 g/mol. The zero-order valence-corrected chi connectivity index (χ0v) is 13.8. The zero-order valence-electron chi connectivity index (χ0n) is 13.1. The summed E-state index contributed by atoms with van der Waals surface area (Å²) in [6.45, 7) is 2.60. The van der Waals surface area contributed by atoms with E-state index >= 15 is 0 Å². The van der Waals surface area contributed by atoms with E-state index in [2.05, 4.69) is 16.3 Å². The Labute approximate surface area is 146 Å². The number of benzene rings is 2. The minimum atomic E-state index is -0.134. The van der Waals surface area contributed by atoms with Crippen LogP contribution in [0.5, 0.6) is 0 Å². The van der Waals surface area contributed by atoms with E-state index in [9.17, 15) is 10.1 Å². The fourth-order valence-electron chi connectivity index (χ4n) is 2.76. The summed E-state index contributed by atoms with van der Waals surface area (Å²) in [5.74, 6) is 0. The third-order valence-corrected chi connectivity index (χ3v) is 4.24. The van der Waals surface area contributed by atoms with Crippen molar-refractivity contribution in [2.75, 3.05) is 36.4 Å². The van der Waals surface area contributed by atoms with Crippen LogP contribution in [-0.4, -0.2) is 37.1 Å². The molecule has 0 radical (unpaired) electrons. The second-order valence-electron chi connectivity index (χ2n) is 5.54. The van der Waals surface area contributed by atoms with E-state index in [-0.39, 0.29) is 6.03 Å². The number of anilines is 2. The Balaban J connectivity index is 1.61. The fraction of sp³-hybridized carbons (Fsp3) is 0.222. The first-order chi connectivity index (χ1) is 11.7. The number of rotatable bonds is 2. The Bertz CT molecular complexity index is 779. The van der Waals surface area contributed by atoms with Gasteiger partial charge in [-0.2, -0.15) is 5.26 Å². The second kappa shape index (κ2) is 7.24. The molecule has 3 rings (SSSR count). The highest BCUT2D eigenvalue weighted by Crippen LogP contribution is 2.21. The third kappa shape index (κ3) is 3.61. The predicted octanol–water partition coefficient (Wildman–Crippen LogP) is 3.57. The maximum atomic E-state index is 12.3. The molecule has 0 unspecified atom stereocenters. The Morgan fingerprint density at radius 2 is 1.83 bits per heavy atom. The van der Waals surface area contributed by atoms with Gasteiger partial charge in [0.25, 0.3) is 0 Å². The van der Waals surface area contributed by atoms with Gasteiger partial charge in [-0.3, -0.25) is 0 Å². The summed E-state index contributed by atoms with van der Waals surface area (Å²) in [6, 6.07) is 16.7. The van der Waals surface area contributed by atoms with Gasteiger partial charge in [-0.25, -0.2) is 4.79 Å². The van der Waals surface area contributed by atoms with E-state index in [1.165, 1.54) is 0 Å². The normalized spacial score (nSPS) is 14.2. The molecule has 1 saturated heterocycles. The van der Waals surface area contributed by atoms with Crippen LogP contribution in [0, 0.1) is 11.3 Å². The Morgan fingerprint density at radius 1 is 1.08 bits per heavy atom. The minimum absolute atomic E-state index is 0.134. The number of carbonyl (C=O) groups is 1. The van der Waals surface area contributed by atoms with Gasteiger partial charge >= 0.3 is 6.03 Å². The van der Waals surface area contributed by atoms with Gasteiger partial charge in [0.1, 0.15) is 6.07 Å². The van der Waals surface area contributed by atoms with Crippen LogP contribution in [-0.2, 0) is 0 Å². The van der Waals surface area contributed by atoms with Crippen LogP contribution < -0.4 is 10.2 Å². The molecule has 2 aromatic rings. The van der Waals surface area contributed by atoms with Crippen molar-refractivity contribution in [1.29, 1.82) is 5.26 Å². The lowest BCUT2D eigenvalue weighted by Gasteiger charge is -2.36. The Morgan fingerprint density at radius 3 is 2.54 bits per heavy atom. The van der Waals surface area contributed by atoms with Crippen molar-refractivity contribution in [2.45, 2.75) is 0 Å². The lowest BCUT2D eigenvalue weighted by Crippen LogP contribution is -2.50. The highest BCUT2D eigenvalue weighted by Gasteiger charge is 2.22. The number of amides is 2. The van der Waals surface area contributed by atoms with E-state index in [0.29, 0.717) is 42.5 Å². The number of para-hydroxylation sites is 1. The molecule has 6 heteroatoms. The largest absolute Gasteiger partial charge is 0.367 e. The molecule has 0 atom stereocenters. The summed E-state index contributed by atoms with van der Waals surface area (Å²) in [5, 5.41) is 12.7. The number of nitriles is 1. The number of urea groups is 1. The lowest BCUT2D eigenvalue weighted by atomic mass is 10.1. The van der Waals surface area contributed by atoms with E-state index in [1.54, 1.807) is 23.1 Å². The lowest BCUT2D eigenvalue weighted by molar-refractivity contribution is 0.208. The van der Waals surface area contributed by atoms with Crippen molar-refractivity contribution in [1.82, 2.24) is 4.90 Å². The molecule has 5 nitrogen and oxygen atoms in total. The molecule has 0 spiro atoms. The molecule has 1 heterocycles. The summed E-state index contributed by atoms with van der Waals surface area (Å²) in [5.41, 5.74) is 2.27. The third-order valence-electron chi connectivity index (χ3n) is 4.01.